The van der Waals surface area contributed by atoms with Crippen molar-refractivity contribution in [1.29, 1.82) is 0 Å². The van der Waals surface area contributed by atoms with Crippen LogP contribution in [0.3, 0.4) is 0 Å². The molecule has 5 nitrogen and oxygen atoms in total. The van der Waals surface area contributed by atoms with Gasteiger partial charge in [0.15, 0.2) is 0 Å². The Kier molecular flexibility index (Phi) is 6.77. The fourth-order valence-corrected chi connectivity index (χ4v) is 1.12. The number of carboxylic acid groups (broad SMARTS) is 1. The van der Waals surface area contributed by atoms with Crippen molar-refractivity contribution < 1.29 is 14.7 Å². The molecule has 0 radical (unpaired) electrons. The summed E-state index contributed by atoms with van der Waals surface area (Å²) in [5, 5.41) is 11.2. The number of hydrogen-bond donors (Lipinski definition) is 2. The lowest BCUT2D eigenvalue weighted by Gasteiger charge is -2.20. The molecule has 0 aliphatic rings. The molecule has 1 unspecified atom stereocenters. The maximum absolute atomic E-state index is 11.5. The summed E-state index contributed by atoms with van der Waals surface area (Å²) in [5.74, 6) is 1.61. The van der Waals surface area contributed by atoms with Crippen molar-refractivity contribution in [3.63, 3.8) is 0 Å². The summed E-state index contributed by atoms with van der Waals surface area (Å²) in [5.41, 5.74) is 0. The summed E-state index contributed by atoms with van der Waals surface area (Å²) in [7, 11) is 1.62. The molecule has 0 heterocycles. The maximum atomic E-state index is 11.5. The van der Waals surface area contributed by atoms with Crippen LogP contribution in [-0.4, -0.2) is 41.6 Å². The van der Waals surface area contributed by atoms with E-state index in [4.69, 9.17) is 11.5 Å². The van der Waals surface area contributed by atoms with Crippen molar-refractivity contribution in [3.05, 3.63) is 0 Å². The van der Waals surface area contributed by atoms with Crippen LogP contribution in [0.1, 0.15) is 26.2 Å². The van der Waals surface area contributed by atoms with E-state index in [0.717, 1.165) is 0 Å². The van der Waals surface area contributed by atoms with Gasteiger partial charge in [-0.05, 0) is 13.3 Å². The van der Waals surface area contributed by atoms with Gasteiger partial charge in [0.2, 0.25) is 0 Å². The molecular formula is C11H18N2O3. The van der Waals surface area contributed by atoms with Crippen LogP contribution in [0, 0.1) is 12.3 Å². The summed E-state index contributed by atoms with van der Waals surface area (Å²) < 4.78 is 0. The Hall–Kier alpha value is -1.70. The zero-order chi connectivity index (χ0) is 12.6. The van der Waals surface area contributed by atoms with Crippen LogP contribution in [0.25, 0.3) is 0 Å². The number of hydrogen-bond acceptors (Lipinski definition) is 2. The first-order valence-electron chi connectivity index (χ1n) is 5.14. The average Bonchev–Trinajstić information content (AvgIpc) is 2.17. The van der Waals surface area contributed by atoms with Crippen molar-refractivity contribution in [1.82, 2.24) is 10.2 Å². The highest BCUT2D eigenvalue weighted by atomic mass is 16.4. The number of rotatable bonds is 6. The number of terminal acetylenes is 1. The van der Waals surface area contributed by atoms with Crippen LogP contribution < -0.4 is 5.32 Å². The Bertz CT molecular complexity index is 283. The van der Waals surface area contributed by atoms with Crippen LogP contribution in [0.15, 0.2) is 0 Å². The molecule has 0 aliphatic heterocycles. The van der Waals surface area contributed by atoms with Gasteiger partial charge in [0.1, 0.15) is 0 Å². The smallest absolute Gasteiger partial charge is 0.317 e. The minimum Gasteiger partial charge on any atom is -0.481 e. The fraction of sp³-hybridized carbons (Fsp3) is 0.636. The van der Waals surface area contributed by atoms with Gasteiger partial charge in [-0.15, -0.1) is 12.3 Å². The SMILES string of the molecule is C#CCC(C)NC(=O)N(C)CCCC(=O)O. The molecule has 0 bridgehead atoms. The van der Waals surface area contributed by atoms with Crippen LogP contribution in [0.2, 0.25) is 0 Å². The minimum absolute atomic E-state index is 0.0670. The monoisotopic (exact) mass is 226 g/mol. The third-order valence-corrected chi connectivity index (χ3v) is 2.02. The van der Waals surface area contributed by atoms with Gasteiger partial charge in [-0.1, -0.05) is 0 Å². The summed E-state index contributed by atoms with van der Waals surface area (Å²) in [6.07, 6.45) is 6.11. The van der Waals surface area contributed by atoms with Gasteiger partial charge in [-0.25, -0.2) is 4.79 Å². The molecule has 90 valence electrons. The normalized spacial score (nSPS) is 11.3. The van der Waals surface area contributed by atoms with E-state index in [9.17, 15) is 9.59 Å². The first kappa shape index (κ1) is 14.3. The lowest BCUT2D eigenvalue weighted by molar-refractivity contribution is -0.137. The third-order valence-electron chi connectivity index (χ3n) is 2.02. The Morgan fingerprint density at radius 3 is 2.69 bits per heavy atom. The molecule has 2 amide bonds. The highest BCUT2D eigenvalue weighted by Crippen LogP contribution is 1.95. The molecule has 5 heteroatoms. The standard InChI is InChI=1S/C11H18N2O3/c1-4-6-9(2)12-11(16)13(3)8-5-7-10(14)15/h1,9H,5-8H2,2-3H3,(H,12,16)(H,14,15). The Balaban J connectivity index is 3.82. The Morgan fingerprint density at radius 2 is 2.19 bits per heavy atom. The molecular weight excluding hydrogens is 208 g/mol. The van der Waals surface area contributed by atoms with E-state index in [1.54, 1.807) is 7.05 Å². The van der Waals surface area contributed by atoms with Gasteiger partial charge in [0, 0.05) is 32.5 Å². The van der Waals surface area contributed by atoms with Gasteiger partial charge in [0.25, 0.3) is 0 Å². The van der Waals surface area contributed by atoms with Crippen LogP contribution in [-0.2, 0) is 4.79 Å². The molecule has 0 aromatic heterocycles. The van der Waals surface area contributed by atoms with Gasteiger partial charge in [-0.3, -0.25) is 4.79 Å². The van der Waals surface area contributed by atoms with Crippen molar-refractivity contribution in [2.24, 2.45) is 0 Å². The molecule has 16 heavy (non-hydrogen) atoms. The van der Waals surface area contributed by atoms with Crippen molar-refractivity contribution in [2.75, 3.05) is 13.6 Å². The number of nitrogens with one attached hydrogen (secondary N) is 1. The summed E-state index contributed by atoms with van der Waals surface area (Å²) >= 11 is 0. The molecule has 0 spiro atoms. The van der Waals surface area contributed by atoms with Crippen LogP contribution >= 0.6 is 0 Å². The van der Waals surface area contributed by atoms with Gasteiger partial charge in [0.05, 0.1) is 0 Å². The number of carboxylic acids is 1. The number of carbonyl (C=O) groups excluding carboxylic acids is 1. The Labute approximate surface area is 95.8 Å². The highest BCUT2D eigenvalue weighted by Gasteiger charge is 2.11. The average molecular weight is 226 g/mol. The summed E-state index contributed by atoms with van der Waals surface area (Å²) in [6, 6.07) is -0.299. The topological polar surface area (TPSA) is 69.6 Å². The largest absolute Gasteiger partial charge is 0.481 e. The highest BCUT2D eigenvalue weighted by molar-refractivity contribution is 5.74. The molecule has 0 saturated carbocycles. The van der Waals surface area contributed by atoms with Crippen molar-refractivity contribution in [2.45, 2.75) is 32.2 Å². The Morgan fingerprint density at radius 1 is 1.56 bits per heavy atom. The predicted octanol–water partition coefficient (Wildman–Crippen LogP) is 0.904. The number of amides is 2. The van der Waals surface area contributed by atoms with E-state index < -0.39 is 5.97 Å². The fourth-order valence-electron chi connectivity index (χ4n) is 1.12. The molecule has 1 atom stereocenters. The predicted molar refractivity (Wildman–Crippen MR) is 60.9 cm³/mol. The van der Waals surface area contributed by atoms with Crippen molar-refractivity contribution >= 4 is 12.0 Å². The lowest BCUT2D eigenvalue weighted by Crippen LogP contribution is -2.42. The maximum Gasteiger partial charge on any atom is 0.317 e. The second kappa shape index (κ2) is 7.57. The van der Waals surface area contributed by atoms with E-state index in [2.05, 4.69) is 11.2 Å². The number of nitrogens with zero attached hydrogens (tertiary/aromatic N) is 1. The van der Waals surface area contributed by atoms with Gasteiger partial charge in [-0.2, -0.15) is 0 Å². The van der Waals surface area contributed by atoms with E-state index in [-0.39, 0.29) is 18.5 Å². The molecule has 0 aromatic carbocycles. The quantitative estimate of drug-likeness (QED) is 0.661. The van der Waals surface area contributed by atoms with Crippen LogP contribution in [0.5, 0.6) is 0 Å². The minimum atomic E-state index is -0.852. The number of aliphatic carboxylic acids is 1. The van der Waals surface area contributed by atoms with E-state index in [1.807, 2.05) is 6.92 Å². The van der Waals surface area contributed by atoms with Gasteiger partial charge >= 0.3 is 12.0 Å². The second-order valence-corrected chi connectivity index (χ2v) is 3.68. The molecule has 0 rings (SSSR count). The first-order chi connectivity index (χ1) is 7.47. The summed E-state index contributed by atoms with van der Waals surface area (Å²) in [6.45, 7) is 2.24. The van der Waals surface area contributed by atoms with E-state index >= 15 is 0 Å². The zero-order valence-corrected chi connectivity index (χ0v) is 9.69. The number of urea groups is 1. The van der Waals surface area contributed by atoms with E-state index in [0.29, 0.717) is 19.4 Å². The second-order valence-electron chi connectivity index (χ2n) is 3.68. The van der Waals surface area contributed by atoms with E-state index in [1.165, 1.54) is 4.90 Å². The molecule has 0 saturated heterocycles. The molecule has 2 N–H and O–H groups in total. The van der Waals surface area contributed by atoms with Crippen LogP contribution in [0.4, 0.5) is 4.79 Å². The lowest BCUT2D eigenvalue weighted by atomic mass is 10.2. The third kappa shape index (κ3) is 6.71. The van der Waals surface area contributed by atoms with Crippen molar-refractivity contribution in [3.8, 4) is 12.3 Å². The zero-order valence-electron chi connectivity index (χ0n) is 9.69. The van der Waals surface area contributed by atoms with Gasteiger partial charge < -0.3 is 15.3 Å². The molecule has 0 aliphatic carbocycles. The number of carbonyl (C=O) groups is 2. The summed E-state index contributed by atoms with van der Waals surface area (Å²) in [4.78, 5) is 23.2. The molecule has 0 fully saturated rings. The molecule has 0 aromatic rings. The first-order valence-corrected chi connectivity index (χ1v) is 5.14.